The van der Waals surface area contributed by atoms with Crippen molar-refractivity contribution in [2.24, 2.45) is 0 Å². The quantitative estimate of drug-likeness (QED) is 0.705. The Kier molecular flexibility index (Phi) is 5.31. The highest BCUT2D eigenvalue weighted by atomic mass is 19.1. The molecular formula is C20H20FN3O2. The van der Waals surface area contributed by atoms with Crippen LogP contribution in [0.4, 0.5) is 10.1 Å². The van der Waals surface area contributed by atoms with Gasteiger partial charge in [0.25, 0.3) is 0 Å². The highest BCUT2D eigenvalue weighted by Crippen LogP contribution is 2.29. The molecular weight excluding hydrogens is 333 g/mol. The summed E-state index contributed by atoms with van der Waals surface area (Å²) in [5.41, 5.74) is 3.41. The number of nitrogens with zero attached hydrogens (tertiary/aromatic N) is 1. The molecule has 5 nitrogen and oxygen atoms in total. The summed E-state index contributed by atoms with van der Waals surface area (Å²) in [4.78, 5) is 12.5. The monoisotopic (exact) mass is 353 g/mol. The molecule has 3 aromatic rings. The number of carbonyl (C=O) groups is 1. The first-order chi connectivity index (χ1) is 12.6. The summed E-state index contributed by atoms with van der Waals surface area (Å²) in [6.45, 7) is 1.96. The van der Waals surface area contributed by atoms with Crippen molar-refractivity contribution in [1.29, 1.82) is 0 Å². The number of rotatable bonds is 6. The Bertz CT molecular complexity index is 904. The van der Waals surface area contributed by atoms with Gasteiger partial charge in [0.15, 0.2) is 0 Å². The second-order valence-electron chi connectivity index (χ2n) is 5.86. The molecule has 1 amide bonds. The molecule has 1 heterocycles. The topological polar surface area (TPSA) is 67.0 Å². The number of amides is 1. The van der Waals surface area contributed by atoms with Crippen LogP contribution in [0.3, 0.4) is 0 Å². The number of carbonyl (C=O) groups excluding carboxylic acids is 1. The van der Waals surface area contributed by atoms with Crippen molar-refractivity contribution in [3.05, 3.63) is 65.6 Å². The van der Waals surface area contributed by atoms with Gasteiger partial charge >= 0.3 is 0 Å². The summed E-state index contributed by atoms with van der Waals surface area (Å²) in [6, 6.07) is 13.5. The van der Waals surface area contributed by atoms with Gasteiger partial charge in [0, 0.05) is 5.56 Å². The highest BCUT2D eigenvalue weighted by molar-refractivity contribution is 5.96. The molecule has 0 saturated carbocycles. The molecule has 0 atom stereocenters. The molecule has 0 bridgehead atoms. The number of nitrogens with one attached hydrogen (secondary N) is 2. The number of aromatic amines is 1. The number of methoxy groups -OCH3 is 1. The number of aromatic nitrogens is 2. The largest absolute Gasteiger partial charge is 0.497 e. The number of hydrogen-bond donors (Lipinski definition) is 2. The average Bonchev–Trinajstić information content (AvgIpc) is 3.04. The molecule has 0 saturated heterocycles. The molecule has 0 aliphatic carbocycles. The molecule has 1 aromatic heterocycles. The predicted molar refractivity (Wildman–Crippen MR) is 98.7 cm³/mol. The zero-order valence-electron chi connectivity index (χ0n) is 14.7. The van der Waals surface area contributed by atoms with Crippen LogP contribution in [-0.4, -0.2) is 23.2 Å². The Morgan fingerprint density at radius 3 is 2.65 bits per heavy atom. The molecule has 26 heavy (non-hydrogen) atoms. The summed E-state index contributed by atoms with van der Waals surface area (Å²) in [7, 11) is 1.60. The molecule has 0 unspecified atom stereocenters. The second kappa shape index (κ2) is 7.82. The van der Waals surface area contributed by atoms with Crippen molar-refractivity contribution in [3.63, 3.8) is 0 Å². The fourth-order valence-corrected chi connectivity index (χ4v) is 2.73. The third-order valence-corrected chi connectivity index (χ3v) is 4.08. The van der Waals surface area contributed by atoms with Crippen LogP contribution in [0, 0.1) is 5.82 Å². The minimum absolute atomic E-state index is 0.163. The number of benzene rings is 2. The van der Waals surface area contributed by atoms with Crippen LogP contribution in [0.5, 0.6) is 5.75 Å². The van der Waals surface area contributed by atoms with E-state index in [1.165, 1.54) is 12.1 Å². The van der Waals surface area contributed by atoms with Gasteiger partial charge in [0.2, 0.25) is 5.91 Å². The molecule has 6 heteroatoms. The number of H-pyrrole nitrogens is 1. The smallest absolute Gasteiger partial charge is 0.228 e. The van der Waals surface area contributed by atoms with Crippen LogP contribution in [0.1, 0.15) is 18.2 Å². The number of ether oxygens (including phenoxy) is 1. The van der Waals surface area contributed by atoms with Crippen molar-refractivity contribution in [1.82, 2.24) is 10.2 Å². The van der Waals surface area contributed by atoms with Crippen LogP contribution in [0.2, 0.25) is 0 Å². The number of halogens is 1. The first-order valence-corrected chi connectivity index (χ1v) is 8.36. The standard InChI is InChI=1S/C20H20FN3O2/c1-3-17-20(19(24-23-17)14-5-4-6-15(21)12-14)22-18(25)11-13-7-9-16(26-2)10-8-13/h4-10,12H,3,11H2,1-2H3,(H,22,25)(H,23,24). The lowest BCUT2D eigenvalue weighted by molar-refractivity contribution is -0.115. The van der Waals surface area contributed by atoms with E-state index in [2.05, 4.69) is 15.5 Å². The highest BCUT2D eigenvalue weighted by Gasteiger charge is 2.17. The van der Waals surface area contributed by atoms with Crippen molar-refractivity contribution in [2.75, 3.05) is 12.4 Å². The van der Waals surface area contributed by atoms with Gasteiger partial charge in [-0.05, 0) is 36.2 Å². The van der Waals surface area contributed by atoms with E-state index >= 15 is 0 Å². The van der Waals surface area contributed by atoms with E-state index in [9.17, 15) is 9.18 Å². The predicted octanol–water partition coefficient (Wildman–Crippen LogP) is 3.97. The molecule has 134 valence electrons. The minimum Gasteiger partial charge on any atom is -0.497 e. The van der Waals surface area contributed by atoms with Gasteiger partial charge in [0.1, 0.15) is 17.3 Å². The molecule has 0 spiro atoms. The Morgan fingerprint density at radius 2 is 2.00 bits per heavy atom. The van der Waals surface area contributed by atoms with E-state index < -0.39 is 0 Å². The summed E-state index contributed by atoms with van der Waals surface area (Å²) in [6.07, 6.45) is 0.890. The Morgan fingerprint density at radius 1 is 1.23 bits per heavy atom. The molecule has 0 radical (unpaired) electrons. The zero-order valence-corrected chi connectivity index (χ0v) is 14.7. The molecule has 3 rings (SSSR count). The fraction of sp³-hybridized carbons (Fsp3) is 0.200. The zero-order chi connectivity index (χ0) is 18.5. The molecule has 0 fully saturated rings. The van der Waals surface area contributed by atoms with E-state index in [0.717, 1.165) is 17.0 Å². The number of anilines is 1. The van der Waals surface area contributed by atoms with Crippen LogP contribution in [0.25, 0.3) is 11.3 Å². The lowest BCUT2D eigenvalue weighted by Crippen LogP contribution is -2.15. The molecule has 0 aliphatic rings. The van der Waals surface area contributed by atoms with Gasteiger partial charge in [-0.3, -0.25) is 9.89 Å². The molecule has 2 aromatic carbocycles. The number of hydrogen-bond acceptors (Lipinski definition) is 3. The van der Waals surface area contributed by atoms with Crippen LogP contribution in [-0.2, 0) is 17.6 Å². The first kappa shape index (κ1) is 17.7. The lowest BCUT2D eigenvalue weighted by Gasteiger charge is -2.09. The summed E-state index contributed by atoms with van der Waals surface area (Å²) < 4.78 is 18.7. The van der Waals surface area contributed by atoms with Crippen molar-refractivity contribution in [3.8, 4) is 17.0 Å². The molecule has 2 N–H and O–H groups in total. The van der Waals surface area contributed by atoms with Gasteiger partial charge < -0.3 is 10.1 Å². The normalized spacial score (nSPS) is 10.6. The van der Waals surface area contributed by atoms with Gasteiger partial charge in [-0.25, -0.2) is 4.39 Å². The van der Waals surface area contributed by atoms with Crippen molar-refractivity contribution < 1.29 is 13.9 Å². The first-order valence-electron chi connectivity index (χ1n) is 8.36. The lowest BCUT2D eigenvalue weighted by atomic mass is 10.1. The SMILES string of the molecule is CCc1[nH]nc(-c2cccc(F)c2)c1NC(=O)Cc1ccc(OC)cc1. The summed E-state index contributed by atoms with van der Waals surface area (Å²) in [5, 5.41) is 10.1. The van der Waals surface area contributed by atoms with Crippen LogP contribution < -0.4 is 10.1 Å². The van der Waals surface area contributed by atoms with Crippen LogP contribution in [0.15, 0.2) is 48.5 Å². The fourth-order valence-electron chi connectivity index (χ4n) is 2.73. The van der Waals surface area contributed by atoms with E-state index in [1.54, 1.807) is 19.2 Å². The van der Waals surface area contributed by atoms with Crippen molar-refractivity contribution in [2.45, 2.75) is 19.8 Å². The number of aryl methyl sites for hydroxylation is 1. The third kappa shape index (κ3) is 3.91. The van der Waals surface area contributed by atoms with Crippen molar-refractivity contribution >= 4 is 11.6 Å². The average molecular weight is 353 g/mol. The van der Waals surface area contributed by atoms with Crippen LogP contribution >= 0.6 is 0 Å². The van der Waals surface area contributed by atoms with Gasteiger partial charge in [-0.2, -0.15) is 5.10 Å². The third-order valence-electron chi connectivity index (χ3n) is 4.08. The Balaban J connectivity index is 1.81. The van der Waals surface area contributed by atoms with E-state index in [4.69, 9.17) is 4.74 Å². The summed E-state index contributed by atoms with van der Waals surface area (Å²) >= 11 is 0. The van der Waals surface area contributed by atoms with Gasteiger partial charge in [0.05, 0.1) is 24.9 Å². The Labute approximate surface area is 151 Å². The maximum atomic E-state index is 13.5. The molecule has 0 aliphatic heterocycles. The Hall–Kier alpha value is -3.15. The van der Waals surface area contributed by atoms with E-state index in [0.29, 0.717) is 23.4 Å². The van der Waals surface area contributed by atoms with E-state index in [1.807, 2.05) is 31.2 Å². The second-order valence-corrected chi connectivity index (χ2v) is 5.86. The maximum Gasteiger partial charge on any atom is 0.228 e. The van der Waals surface area contributed by atoms with Gasteiger partial charge in [-0.15, -0.1) is 0 Å². The van der Waals surface area contributed by atoms with E-state index in [-0.39, 0.29) is 18.1 Å². The summed E-state index contributed by atoms with van der Waals surface area (Å²) in [5.74, 6) is 0.230. The maximum absolute atomic E-state index is 13.5. The van der Waals surface area contributed by atoms with Gasteiger partial charge in [-0.1, -0.05) is 31.2 Å². The minimum atomic E-state index is -0.348.